The summed E-state index contributed by atoms with van der Waals surface area (Å²) in [5.41, 5.74) is 0.690. The van der Waals surface area contributed by atoms with Crippen molar-refractivity contribution in [3.63, 3.8) is 0 Å². The second kappa shape index (κ2) is 6.51. The van der Waals surface area contributed by atoms with Crippen molar-refractivity contribution >= 4 is 11.6 Å². The van der Waals surface area contributed by atoms with Gasteiger partial charge in [-0.05, 0) is 31.2 Å². The highest BCUT2D eigenvalue weighted by molar-refractivity contribution is 5.91. The molecule has 22 heavy (non-hydrogen) atoms. The zero-order chi connectivity index (χ0) is 16.2. The lowest BCUT2D eigenvalue weighted by molar-refractivity contribution is -0.139. The summed E-state index contributed by atoms with van der Waals surface area (Å²) in [6.07, 6.45) is -4.52. The van der Waals surface area contributed by atoms with Crippen LogP contribution in [0.1, 0.15) is 11.1 Å². The number of alkyl halides is 3. The van der Waals surface area contributed by atoms with Crippen LogP contribution in [-0.2, 0) is 11.0 Å². The van der Waals surface area contributed by atoms with E-state index >= 15 is 0 Å². The highest BCUT2D eigenvalue weighted by Gasteiger charge is 2.34. The van der Waals surface area contributed by atoms with E-state index in [0.717, 1.165) is 11.6 Å². The predicted octanol–water partition coefficient (Wildman–Crippen LogP) is 4.03. The van der Waals surface area contributed by atoms with E-state index in [9.17, 15) is 18.0 Å². The molecule has 0 spiro atoms. The van der Waals surface area contributed by atoms with Crippen molar-refractivity contribution in [2.24, 2.45) is 0 Å². The molecule has 116 valence electrons. The lowest BCUT2D eigenvalue weighted by atomic mass is 10.2. The Hall–Kier alpha value is -2.50. The molecular weight excluding hydrogens is 295 g/mol. The smallest absolute Gasteiger partial charge is 0.419 e. The van der Waals surface area contributed by atoms with Gasteiger partial charge in [-0.3, -0.25) is 4.79 Å². The SMILES string of the molecule is Cc1ccc(NC(=O)COc2ccccc2C(F)(F)F)cc1. The molecular formula is C16H14F3NO2. The Morgan fingerprint density at radius 1 is 1.09 bits per heavy atom. The minimum Gasteiger partial charge on any atom is -0.483 e. The van der Waals surface area contributed by atoms with E-state index in [0.29, 0.717) is 5.69 Å². The maximum Gasteiger partial charge on any atom is 0.419 e. The van der Waals surface area contributed by atoms with Gasteiger partial charge in [-0.15, -0.1) is 0 Å². The van der Waals surface area contributed by atoms with Crippen LogP contribution >= 0.6 is 0 Å². The molecule has 0 unspecified atom stereocenters. The molecule has 1 amide bonds. The minimum atomic E-state index is -4.52. The summed E-state index contributed by atoms with van der Waals surface area (Å²) in [4.78, 5) is 11.7. The van der Waals surface area contributed by atoms with Crippen molar-refractivity contribution in [3.05, 3.63) is 59.7 Å². The van der Waals surface area contributed by atoms with Crippen molar-refractivity contribution in [1.29, 1.82) is 0 Å². The monoisotopic (exact) mass is 309 g/mol. The van der Waals surface area contributed by atoms with Crippen molar-refractivity contribution in [2.45, 2.75) is 13.1 Å². The molecule has 0 fully saturated rings. The molecule has 0 aliphatic rings. The second-order valence-corrected chi connectivity index (χ2v) is 4.70. The fraction of sp³-hybridized carbons (Fsp3) is 0.188. The van der Waals surface area contributed by atoms with E-state index in [2.05, 4.69) is 5.32 Å². The summed E-state index contributed by atoms with van der Waals surface area (Å²) >= 11 is 0. The number of amides is 1. The van der Waals surface area contributed by atoms with Gasteiger partial charge in [0.1, 0.15) is 5.75 Å². The first-order chi connectivity index (χ1) is 10.4. The first-order valence-electron chi connectivity index (χ1n) is 6.52. The van der Waals surface area contributed by atoms with E-state index in [1.807, 2.05) is 19.1 Å². The van der Waals surface area contributed by atoms with Gasteiger partial charge in [-0.25, -0.2) is 0 Å². The molecule has 0 bridgehead atoms. The normalized spacial score (nSPS) is 11.1. The van der Waals surface area contributed by atoms with Crippen molar-refractivity contribution in [2.75, 3.05) is 11.9 Å². The Kier molecular flexibility index (Phi) is 4.70. The molecule has 0 radical (unpaired) electrons. The summed E-state index contributed by atoms with van der Waals surface area (Å²) in [7, 11) is 0. The number of rotatable bonds is 4. The molecule has 0 atom stereocenters. The Morgan fingerprint density at radius 2 is 1.73 bits per heavy atom. The van der Waals surface area contributed by atoms with Crippen LogP contribution in [0.3, 0.4) is 0 Å². The van der Waals surface area contributed by atoms with Gasteiger partial charge in [0, 0.05) is 5.69 Å². The Bertz CT molecular complexity index is 651. The lowest BCUT2D eigenvalue weighted by Crippen LogP contribution is -2.21. The quantitative estimate of drug-likeness (QED) is 0.926. The number of ether oxygens (including phenoxy) is 1. The van der Waals surface area contributed by atoms with Crippen LogP contribution < -0.4 is 10.1 Å². The van der Waals surface area contributed by atoms with Gasteiger partial charge in [0.25, 0.3) is 5.91 Å². The maximum absolute atomic E-state index is 12.8. The summed E-state index contributed by atoms with van der Waals surface area (Å²) in [6.45, 7) is 1.41. The third-order valence-electron chi connectivity index (χ3n) is 2.89. The number of para-hydroxylation sites is 1. The number of nitrogens with one attached hydrogen (secondary N) is 1. The van der Waals surface area contributed by atoms with E-state index in [1.54, 1.807) is 12.1 Å². The molecule has 2 aromatic rings. The summed E-state index contributed by atoms with van der Waals surface area (Å²) in [6, 6.07) is 11.8. The van der Waals surface area contributed by atoms with E-state index < -0.39 is 24.3 Å². The van der Waals surface area contributed by atoms with Gasteiger partial charge in [-0.1, -0.05) is 29.8 Å². The number of carbonyl (C=O) groups excluding carboxylic acids is 1. The minimum absolute atomic E-state index is 0.367. The molecule has 0 saturated carbocycles. The third kappa shape index (κ3) is 4.25. The van der Waals surface area contributed by atoms with Gasteiger partial charge in [0.15, 0.2) is 6.61 Å². The van der Waals surface area contributed by atoms with Crippen molar-refractivity contribution < 1.29 is 22.7 Å². The Labute approximate surface area is 125 Å². The average molecular weight is 309 g/mol. The second-order valence-electron chi connectivity index (χ2n) is 4.70. The summed E-state index contributed by atoms with van der Waals surface area (Å²) in [5.74, 6) is -0.894. The molecule has 2 aromatic carbocycles. The van der Waals surface area contributed by atoms with Crippen LogP contribution in [-0.4, -0.2) is 12.5 Å². The first kappa shape index (κ1) is 15.9. The zero-order valence-corrected chi connectivity index (χ0v) is 11.8. The van der Waals surface area contributed by atoms with E-state index in [4.69, 9.17) is 4.74 Å². The predicted molar refractivity (Wildman–Crippen MR) is 76.7 cm³/mol. The standard InChI is InChI=1S/C16H14F3NO2/c1-11-6-8-12(9-7-11)20-15(21)10-22-14-5-3-2-4-13(14)16(17,18)19/h2-9H,10H2,1H3,(H,20,21). The third-order valence-corrected chi connectivity index (χ3v) is 2.89. The van der Waals surface area contributed by atoms with Crippen molar-refractivity contribution in [1.82, 2.24) is 0 Å². The largest absolute Gasteiger partial charge is 0.483 e. The van der Waals surface area contributed by atoms with Crippen LogP contribution in [0.2, 0.25) is 0 Å². The fourth-order valence-corrected chi connectivity index (χ4v) is 1.80. The molecule has 1 N–H and O–H groups in total. The molecule has 0 heterocycles. The number of anilines is 1. The van der Waals surface area contributed by atoms with Crippen LogP contribution in [0.4, 0.5) is 18.9 Å². The fourth-order valence-electron chi connectivity index (χ4n) is 1.80. The number of halogens is 3. The first-order valence-corrected chi connectivity index (χ1v) is 6.52. The number of hydrogen-bond donors (Lipinski definition) is 1. The summed E-state index contributed by atoms with van der Waals surface area (Å²) < 4.78 is 43.3. The van der Waals surface area contributed by atoms with Gasteiger partial charge in [-0.2, -0.15) is 13.2 Å². The van der Waals surface area contributed by atoms with Crippen LogP contribution in [0.5, 0.6) is 5.75 Å². The van der Waals surface area contributed by atoms with Gasteiger partial charge in [0.2, 0.25) is 0 Å². The van der Waals surface area contributed by atoms with Crippen molar-refractivity contribution in [3.8, 4) is 5.75 Å². The van der Waals surface area contributed by atoms with E-state index in [1.165, 1.54) is 18.2 Å². The molecule has 0 aliphatic heterocycles. The highest BCUT2D eigenvalue weighted by atomic mass is 19.4. The molecule has 2 rings (SSSR count). The van der Waals surface area contributed by atoms with Crippen LogP contribution in [0.15, 0.2) is 48.5 Å². The lowest BCUT2D eigenvalue weighted by Gasteiger charge is -2.13. The average Bonchev–Trinajstić information content (AvgIpc) is 2.47. The number of hydrogen-bond acceptors (Lipinski definition) is 2. The van der Waals surface area contributed by atoms with Gasteiger partial charge < -0.3 is 10.1 Å². The molecule has 3 nitrogen and oxygen atoms in total. The van der Waals surface area contributed by atoms with Crippen LogP contribution in [0, 0.1) is 6.92 Å². The number of aryl methyl sites for hydroxylation is 1. The Balaban J connectivity index is 1.98. The molecule has 0 aliphatic carbocycles. The zero-order valence-electron chi connectivity index (χ0n) is 11.8. The highest BCUT2D eigenvalue weighted by Crippen LogP contribution is 2.35. The molecule has 0 saturated heterocycles. The number of benzene rings is 2. The molecule has 0 aromatic heterocycles. The Morgan fingerprint density at radius 3 is 2.36 bits per heavy atom. The van der Waals surface area contributed by atoms with Gasteiger partial charge in [0.05, 0.1) is 5.56 Å². The summed E-state index contributed by atoms with van der Waals surface area (Å²) in [5, 5.41) is 2.55. The number of carbonyl (C=O) groups is 1. The maximum atomic E-state index is 12.8. The van der Waals surface area contributed by atoms with Gasteiger partial charge >= 0.3 is 6.18 Å². The topological polar surface area (TPSA) is 38.3 Å². The van der Waals surface area contributed by atoms with Crippen LogP contribution in [0.25, 0.3) is 0 Å². The molecule has 6 heteroatoms. The van der Waals surface area contributed by atoms with E-state index in [-0.39, 0.29) is 5.75 Å².